The first-order valence-corrected chi connectivity index (χ1v) is 4.27. The third kappa shape index (κ3) is 2.36. The lowest BCUT2D eigenvalue weighted by Crippen LogP contribution is -2.11. The van der Waals surface area contributed by atoms with Crippen LogP contribution in [0, 0.1) is 6.92 Å². The molecule has 1 rings (SSSR count). The standard InChI is InChI=1S/C11H13NO2/c1-7(2)11(14)12-9-4-5-10(13)8(3)6-9/h4-6,13H,1H2,2-3H3,(H,12,14). The molecule has 1 amide bonds. The van der Waals surface area contributed by atoms with Gasteiger partial charge in [-0.15, -0.1) is 0 Å². The molecule has 0 aromatic heterocycles. The highest BCUT2D eigenvalue weighted by Gasteiger charge is 2.03. The average Bonchev–Trinajstić information content (AvgIpc) is 2.11. The number of nitrogens with one attached hydrogen (secondary N) is 1. The van der Waals surface area contributed by atoms with E-state index in [1.54, 1.807) is 32.0 Å². The Morgan fingerprint density at radius 2 is 2.14 bits per heavy atom. The van der Waals surface area contributed by atoms with Gasteiger partial charge in [-0.3, -0.25) is 4.79 Å². The highest BCUT2D eigenvalue weighted by Crippen LogP contribution is 2.20. The number of amides is 1. The number of carbonyl (C=O) groups excluding carboxylic acids is 1. The fraction of sp³-hybridized carbons (Fsp3) is 0.182. The van der Waals surface area contributed by atoms with Crippen LogP contribution in [0.3, 0.4) is 0 Å². The van der Waals surface area contributed by atoms with Crippen LogP contribution in [0.1, 0.15) is 12.5 Å². The van der Waals surface area contributed by atoms with Gasteiger partial charge in [0, 0.05) is 11.3 Å². The van der Waals surface area contributed by atoms with E-state index in [-0.39, 0.29) is 11.7 Å². The predicted molar refractivity (Wildman–Crippen MR) is 56.3 cm³/mol. The molecule has 14 heavy (non-hydrogen) atoms. The second kappa shape index (κ2) is 3.96. The third-order valence-corrected chi connectivity index (χ3v) is 1.84. The summed E-state index contributed by atoms with van der Waals surface area (Å²) in [5.74, 6) is 0.00779. The van der Waals surface area contributed by atoms with Crippen molar-refractivity contribution in [2.75, 3.05) is 5.32 Å². The van der Waals surface area contributed by atoms with Gasteiger partial charge in [0.15, 0.2) is 0 Å². The fourth-order valence-electron chi connectivity index (χ4n) is 0.971. The van der Waals surface area contributed by atoms with Gasteiger partial charge < -0.3 is 10.4 Å². The average molecular weight is 191 g/mol. The number of benzene rings is 1. The Kier molecular flexibility index (Phi) is 2.92. The number of aryl methyl sites for hydroxylation is 1. The minimum absolute atomic E-state index is 0.213. The number of phenols is 1. The number of carbonyl (C=O) groups is 1. The van der Waals surface area contributed by atoms with Gasteiger partial charge in [0.25, 0.3) is 5.91 Å². The van der Waals surface area contributed by atoms with Gasteiger partial charge in [-0.05, 0) is 37.6 Å². The van der Waals surface area contributed by atoms with Crippen LogP contribution in [0.25, 0.3) is 0 Å². The van der Waals surface area contributed by atoms with Crippen molar-refractivity contribution >= 4 is 11.6 Å². The Balaban J connectivity index is 2.83. The van der Waals surface area contributed by atoms with E-state index in [2.05, 4.69) is 11.9 Å². The summed E-state index contributed by atoms with van der Waals surface area (Å²) in [7, 11) is 0. The Labute approximate surface area is 83.1 Å². The SMILES string of the molecule is C=C(C)C(=O)Nc1ccc(O)c(C)c1. The van der Waals surface area contributed by atoms with Crippen LogP contribution >= 0.6 is 0 Å². The highest BCUT2D eigenvalue weighted by atomic mass is 16.3. The maximum Gasteiger partial charge on any atom is 0.250 e. The van der Waals surface area contributed by atoms with Gasteiger partial charge >= 0.3 is 0 Å². The fourth-order valence-corrected chi connectivity index (χ4v) is 0.971. The Bertz CT molecular complexity index is 383. The topological polar surface area (TPSA) is 49.3 Å². The van der Waals surface area contributed by atoms with E-state index in [0.29, 0.717) is 11.3 Å². The summed E-state index contributed by atoms with van der Waals surface area (Å²) in [6, 6.07) is 4.89. The molecule has 0 unspecified atom stereocenters. The molecule has 0 radical (unpaired) electrons. The van der Waals surface area contributed by atoms with Crippen molar-refractivity contribution in [3.8, 4) is 5.75 Å². The summed E-state index contributed by atoms with van der Waals surface area (Å²) < 4.78 is 0. The molecule has 3 nitrogen and oxygen atoms in total. The molecular weight excluding hydrogens is 178 g/mol. The number of rotatable bonds is 2. The van der Waals surface area contributed by atoms with Crippen molar-refractivity contribution in [2.24, 2.45) is 0 Å². The van der Waals surface area contributed by atoms with E-state index in [0.717, 1.165) is 5.56 Å². The van der Waals surface area contributed by atoms with E-state index in [9.17, 15) is 9.90 Å². The minimum Gasteiger partial charge on any atom is -0.508 e. The molecular formula is C11H13NO2. The van der Waals surface area contributed by atoms with Crippen LogP contribution in [-0.2, 0) is 4.79 Å². The van der Waals surface area contributed by atoms with E-state index in [1.165, 1.54) is 0 Å². The zero-order chi connectivity index (χ0) is 10.7. The molecule has 0 saturated carbocycles. The first-order valence-electron chi connectivity index (χ1n) is 4.27. The van der Waals surface area contributed by atoms with Crippen molar-refractivity contribution in [1.82, 2.24) is 0 Å². The zero-order valence-corrected chi connectivity index (χ0v) is 8.29. The van der Waals surface area contributed by atoms with Crippen molar-refractivity contribution in [3.63, 3.8) is 0 Å². The largest absolute Gasteiger partial charge is 0.508 e. The number of anilines is 1. The molecule has 1 aromatic rings. The van der Waals surface area contributed by atoms with E-state index in [1.807, 2.05) is 0 Å². The molecule has 0 fully saturated rings. The zero-order valence-electron chi connectivity index (χ0n) is 8.29. The monoisotopic (exact) mass is 191 g/mol. The molecule has 0 aliphatic rings. The van der Waals surface area contributed by atoms with Crippen LogP contribution < -0.4 is 5.32 Å². The summed E-state index contributed by atoms with van der Waals surface area (Å²) >= 11 is 0. The summed E-state index contributed by atoms with van der Waals surface area (Å²) in [6.45, 7) is 6.94. The molecule has 1 aromatic carbocycles. The predicted octanol–water partition coefficient (Wildman–Crippen LogP) is 2.22. The summed E-state index contributed by atoms with van der Waals surface area (Å²) in [4.78, 5) is 11.2. The number of hydrogen-bond donors (Lipinski definition) is 2. The van der Waals surface area contributed by atoms with Crippen LogP contribution in [0.5, 0.6) is 5.75 Å². The maximum atomic E-state index is 11.2. The van der Waals surface area contributed by atoms with Crippen LogP contribution in [0.4, 0.5) is 5.69 Å². The molecule has 74 valence electrons. The van der Waals surface area contributed by atoms with Crippen molar-refractivity contribution < 1.29 is 9.90 Å². The third-order valence-electron chi connectivity index (χ3n) is 1.84. The van der Waals surface area contributed by atoms with Gasteiger partial charge in [-0.1, -0.05) is 6.58 Å². The number of hydrogen-bond acceptors (Lipinski definition) is 2. The molecule has 0 saturated heterocycles. The lowest BCUT2D eigenvalue weighted by molar-refractivity contribution is -0.112. The molecule has 0 heterocycles. The van der Waals surface area contributed by atoms with Crippen LogP contribution in [0.15, 0.2) is 30.4 Å². The number of aromatic hydroxyl groups is 1. The summed E-state index contributed by atoms with van der Waals surface area (Å²) in [6.07, 6.45) is 0. The Morgan fingerprint density at radius 1 is 1.50 bits per heavy atom. The normalized spacial score (nSPS) is 9.57. The molecule has 0 aliphatic carbocycles. The van der Waals surface area contributed by atoms with Gasteiger partial charge in [0.2, 0.25) is 0 Å². The van der Waals surface area contributed by atoms with Crippen LogP contribution in [-0.4, -0.2) is 11.0 Å². The smallest absolute Gasteiger partial charge is 0.250 e. The van der Waals surface area contributed by atoms with Crippen molar-refractivity contribution in [2.45, 2.75) is 13.8 Å². The molecule has 0 spiro atoms. The minimum atomic E-state index is -0.213. The van der Waals surface area contributed by atoms with E-state index in [4.69, 9.17) is 0 Å². The van der Waals surface area contributed by atoms with E-state index < -0.39 is 0 Å². The lowest BCUT2D eigenvalue weighted by atomic mass is 10.2. The second-order valence-electron chi connectivity index (χ2n) is 3.24. The highest BCUT2D eigenvalue weighted by molar-refractivity contribution is 6.02. The second-order valence-corrected chi connectivity index (χ2v) is 3.24. The van der Waals surface area contributed by atoms with Crippen LogP contribution in [0.2, 0.25) is 0 Å². The van der Waals surface area contributed by atoms with Gasteiger partial charge in [-0.25, -0.2) is 0 Å². The Hall–Kier alpha value is -1.77. The maximum absolute atomic E-state index is 11.2. The van der Waals surface area contributed by atoms with Gasteiger partial charge in [-0.2, -0.15) is 0 Å². The molecule has 3 heteroatoms. The first-order chi connectivity index (χ1) is 6.50. The summed E-state index contributed by atoms with van der Waals surface area (Å²) in [5.41, 5.74) is 1.84. The first kappa shape index (κ1) is 10.3. The number of phenolic OH excluding ortho intramolecular Hbond substituents is 1. The quantitative estimate of drug-likeness (QED) is 0.556. The molecule has 0 bridgehead atoms. The van der Waals surface area contributed by atoms with E-state index >= 15 is 0 Å². The van der Waals surface area contributed by atoms with Crippen molar-refractivity contribution in [3.05, 3.63) is 35.9 Å². The molecule has 2 N–H and O–H groups in total. The van der Waals surface area contributed by atoms with Gasteiger partial charge in [0.1, 0.15) is 5.75 Å². The van der Waals surface area contributed by atoms with Gasteiger partial charge in [0.05, 0.1) is 0 Å². The molecule has 0 aliphatic heterocycles. The summed E-state index contributed by atoms with van der Waals surface area (Å²) in [5, 5.41) is 11.9. The van der Waals surface area contributed by atoms with Crippen molar-refractivity contribution in [1.29, 1.82) is 0 Å². The molecule has 0 atom stereocenters. The lowest BCUT2D eigenvalue weighted by Gasteiger charge is -2.06. The Morgan fingerprint density at radius 3 is 2.64 bits per heavy atom.